The Kier molecular flexibility index (Phi) is 2.43. The van der Waals surface area contributed by atoms with Crippen LogP contribution in [0.25, 0.3) is 0 Å². The molecular weight excluding hydrogens is 210 g/mol. The summed E-state index contributed by atoms with van der Waals surface area (Å²) < 4.78 is 22.9. The second-order valence-corrected chi connectivity index (χ2v) is 8.11. The minimum Gasteiger partial charge on any atom is -0.307 e. The average molecular weight is 231 g/mol. The van der Waals surface area contributed by atoms with Crippen LogP contribution in [0.4, 0.5) is 0 Å². The molecule has 0 aromatic carbocycles. The van der Waals surface area contributed by atoms with Crippen LogP contribution in [-0.4, -0.2) is 31.5 Å². The maximum absolute atomic E-state index is 11.5. The van der Waals surface area contributed by atoms with Crippen molar-refractivity contribution < 1.29 is 8.42 Å². The first kappa shape index (κ1) is 11.4. The fourth-order valence-electron chi connectivity index (χ4n) is 2.45. The van der Waals surface area contributed by atoms with E-state index in [1.54, 1.807) is 0 Å². The SMILES string of the molecule is CC(NC1(C)CCS(=O)(=O)C1)C1(C)CC1. The van der Waals surface area contributed by atoms with Crippen LogP contribution in [0.3, 0.4) is 0 Å². The molecule has 2 atom stereocenters. The van der Waals surface area contributed by atoms with Crippen LogP contribution in [0, 0.1) is 5.41 Å². The standard InChI is InChI=1S/C11H21NO2S/c1-9(10(2)4-5-10)12-11(3)6-7-15(13,14)8-11/h9,12H,4-8H2,1-3H3. The largest absolute Gasteiger partial charge is 0.307 e. The molecule has 0 bridgehead atoms. The first-order valence-corrected chi connectivity index (χ1v) is 7.55. The molecule has 2 rings (SSSR count). The molecule has 1 aliphatic heterocycles. The highest BCUT2D eigenvalue weighted by Crippen LogP contribution is 2.48. The van der Waals surface area contributed by atoms with Gasteiger partial charge < -0.3 is 5.32 Å². The van der Waals surface area contributed by atoms with Gasteiger partial charge in [-0.25, -0.2) is 8.42 Å². The maximum atomic E-state index is 11.5. The Morgan fingerprint density at radius 1 is 1.20 bits per heavy atom. The lowest BCUT2D eigenvalue weighted by Crippen LogP contribution is -2.50. The third-order valence-corrected chi connectivity index (χ3v) is 6.06. The summed E-state index contributed by atoms with van der Waals surface area (Å²) in [7, 11) is -2.79. The van der Waals surface area contributed by atoms with Crippen LogP contribution in [-0.2, 0) is 9.84 Å². The quantitative estimate of drug-likeness (QED) is 0.797. The molecule has 1 aliphatic carbocycles. The van der Waals surface area contributed by atoms with E-state index in [0.29, 0.717) is 23.0 Å². The van der Waals surface area contributed by atoms with E-state index in [1.165, 1.54) is 12.8 Å². The van der Waals surface area contributed by atoms with Gasteiger partial charge in [-0.1, -0.05) is 6.92 Å². The molecule has 2 unspecified atom stereocenters. The fraction of sp³-hybridized carbons (Fsp3) is 1.00. The van der Waals surface area contributed by atoms with Gasteiger partial charge >= 0.3 is 0 Å². The normalized spacial score (nSPS) is 38.9. The zero-order valence-electron chi connectivity index (χ0n) is 9.84. The van der Waals surface area contributed by atoms with Gasteiger partial charge in [0.15, 0.2) is 9.84 Å². The molecule has 0 radical (unpaired) electrons. The predicted molar refractivity (Wildman–Crippen MR) is 61.6 cm³/mol. The molecule has 1 saturated heterocycles. The second kappa shape index (κ2) is 3.20. The summed E-state index contributed by atoms with van der Waals surface area (Å²) >= 11 is 0. The molecule has 2 fully saturated rings. The van der Waals surface area contributed by atoms with E-state index in [4.69, 9.17) is 0 Å². The number of rotatable bonds is 3. The molecule has 4 heteroatoms. The van der Waals surface area contributed by atoms with Gasteiger partial charge in [0.2, 0.25) is 0 Å². The first-order valence-electron chi connectivity index (χ1n) is 5.73. The van der Waals surface area contributed by atoms with Crippen LogP contribution >= 0.6 is 0 Å². The third-order valence-electron chi connectivity index (χ3n) is 4.15. The second-order valence-electron chi connectivity index (χ2n) is 5.92. The number of sulfone groups is 1. The molecule has 0 aromatic rings. The highest BCUT2D eigenvalue weighted by atomic mass is 32.2. The van der Waals surface area contributed by atoms with Crippen molar-refractivity contribution in [2.45, 2.75) is 51.6 Å². The van der Waals surface area contributed by atoms with Gasteiger partial charge in [-0.15, -0.1) is 0 Å². The number of hydrogen-bond acceptors (Lipinski definition) is 3. The third kappa shape index (κ3) is 2.36. The summed E-state index contributed by atoms with van der Waals surface area (Å²) in [5, 5.41) is 3.53. The molecule has 1 heterocycles. The van der Waals surface area contributed by atoms with E-state index in [2.05, 4.69) is 19.2 Å². The lowest BCUT2D eigenvalue weighted by atomic mass is 9.94. The van der Waals surface area contributed by atoms with E-state index in [1.807, 2.05) is 6.92 Å². The highest BCUT2D eigenvalue weighted by molar-refractivity contribution is 7.91. The van der Waals surface area contributed by atoms with Crippen LogP contribution in [0.2, 0.25) is 0 Å². The molecule has 1 saturated carbocycles. The Balaban J connectivity index is 2.00. The van der Waals surface area contributed by atoms with Crippen molar-refractivity contribution in [2.75, 3.05) is 11.5 Å². The zero-order chi connectivity index (χ0) is 11.3. The summed E-state index contributed by atoms with van der Waals surface area (Å²) in [4.78, 5) is 0. The first-order chi connectivity index (χ1) is 6.75. The van der Waals surface area contributed by atoms with E-state index in [9.17, 15) is 8.42 Å². The molecular formula is C11H21NO2S. The molecule has 2 aliphatic rings. The molecule has 0 spiro atoms. The zero-order valence-corrected chi connectivity index (χ0v) is 10.7. The predicted octanol–water partition coefficient (Wildman–Crippen LogP) is 1.34. The number of nitrogens with one attached hydrogen (secondary N) is 1. The van der Waals surface area contributed by atoms with Crippen molar-refractivity contribution in [1.29, 1.82) is 0 Å². The van der Waals surface area contributed by atoms with Crippen molar-refractivity contribution in [3.05, 3.63) is 0 Å². The van der Waals surface area contributed by atoms with Crippen LogP contribution < -0.4 is 5.32 Å². The van der Waals surface area contributed by atoms with Crippen molar-refractivity contribution in [1.82, 2.24) is 5.32 Å². The van der Waals surface area contributed by atoms with Crippen molar-refractivity contribution >= 4 is 9.84 Å². The van der Waals surface area contributed by atoms with E-state index >= 15 is 0 Å². The van der Waals surface area contributed by atoms with Crippen LogP contribution in [0.15, 0.2) is 0 Å². The van der Waals surface area contributed by atoms with Crippen molar-refractivity contribution in [2.24, 2.45) is 5.41 Å². The van der Waals surface area contributed by atoms with Crippen LogP contribution in [0.1, 0.15) is 40.0 Å². The molecule has 0 aromatic heterocycles. The Labute approximate surface area is 92.6 Å². The van der Waals surface area contributed by atoms with E-state index < -0.39 is 9.84 Å². The van der Waals surface area contributed by atoms with E-state index in [-0.39, 0.29) is 5.54 Å². The molecule has 1 N–H and O–H groups in total. The lowest BCUT2D eigenvalue weighted by molar-refractivity contribution is 0.282. The Bertz CT molecular complexity index is 359. The minimum atomic E-state index is -2.79. The Morgan fingerprint density at radius 2 is 1.80 bits per heavy atom. The monoisotopic (exact) mass is 231 g/mol. The molecule has 88 valence electrons. The molecule has 3 nitrogen and oxygen atoms in total. The fourth-order valence-corrected chi connectivity index (χ4v) is 4.56. The van der Waals surface area contributed by atoms with Crippen molar-refractivity contribution in [3.63, 3.8) is 0 Å². The lowest BCUT2D eigenvalue weighted by Gasteiger charge is -2.32. The van der Waals surface area contributed by atoms with Gasteiger partial charge in [0.05, 0.1) is 11.5 Å². The smallest absolute Gasteiger partial charge is 0.152 e. The minimum absolute atomic E-state index is 0.191. The van der Waals surface area contributed by atoms with Gasteiger partial charge in [-0.2, -0.15) is 0 Å². The highest BCUT2D eigenvalue weighted by Gasteiger charge is 2.47. The topological polar surface area (TPSA) is 46.2 Å². The van der Waals surface area contributed by atoms with Gasteiger partial charge in [-0.05, 0) is 38.5 Å². The number of hydrogen-bond donors (Lipinski definition) is 1. The molecule has 15 heavy (non-hydrogen) atoms. The van der Waals surface area contributed by atoms with Gasteiger partial charge in [0, 0.05) is 11.6 Å². The summed E-state index contributed by atoms with van der Waals surface area (Å²) in [6, 6.07) is 0.427. The Morgan fingerprint density at radius 3 is 2.20 bits per heavy atom. The summed E-state index contributed by atoms with van der Waals surface area (Å²) in [6.07, 6.45) is 3.30. The Hall–Kier alpha value is -0.0900. The average Bonchev–Trinajstić information content (AvgIpc) is 2.75. The van der Waals surface area contributed by atoms with Crippen molar-refractivity contribution in [3.8, 4) is 0 Å². The van der Waals surface area contributed by atoms with Gasteiger partial charge in [-0.3, -0.25) is 0 Å². The van der Waals surface area contributed by atoms with Crippen LogP contribution in [0.5, 0.6) is 0 Å². The maximum Gasteiger partial charge on any atom is 0.152 e. The van der Waals surface area contributed by atoms with Gasteiger partial charge in [0.1, 0.15) is 0 Å². The van der Waals surface area contributed by atoms with Gasteiger partial charge in [0.25, 0.3) is 0 Å². The molecule has 0 amide bonds. The summed E-state index contributed by atoms with van der Waals surface area (Å²) in [5.41, 5.74) is 0.221. The van der Waals surface area contributed by atoms with E-state index in [0.717, 1.165) is 6.42 Å². The summed E-state index contributed by atoms with van der Waals surface area (Å²) in [5.74, 6) is 0.653. The summed E-state index contributed by atoms with van der Waals surface area (Å²) in [6.45, 7) is 6.50.